The van der Waals surface area contributed by atoms with Crippen LogP contribution in [0.25, 0.3) is 0 Å². The van der Waals surface area contributed by atoms with Crippen molar-refractivity contribution in [3.8, 4) is 0 Å². The monoisotopic (exact) mass is 195 g/mol. The summed E-state index contributed by atoms with van der Waals surface area (Å²) in [5, 5.41) is 11.2. The average Bonchev–Trinajstić information content (AvgIpc) is 2.25. The smallest absolute Gasteiger partial charge is 0.271 e. The molecule has 1 heterocycles. The lowest BCUT2D eigenvalue weighted by Crippen LogP contribution is -2.25. The molecule has 0 radical (unpaired) electrons. The van der Waals surface area contributed by atoms with E-state index in [4.69, 9.17) is 5.11 Å². The van der Waals surface area contributed by atoms with Crippen LogP contribution in [0.1, 0.15) is 23.3 Å². The highest BCUT2D eigenvalue weighted by molar-refractivity contribution is 5.91. The summed E-state index contributed by atoms with van der Waals surface area (Å²) < 4.78 is 0. The van der Waals surface area contributed by atoms with Crippen LogP contribution >= 0.6 is 0 Å². The number of nitrogens with zero attached hydrogens (tertiary/aromatic N) is 2. The lowest BCUT2D eigenvalue weighted by atomic mass is 10.3. The summed E-state index contributed by atoms with van der Waals surface area (Å²) in [5.74, 6) is -0.226. The number of carbonyl (C=O) groups excluding carboxylic acids is 1. The minimum Gasteiger partial charge on any atom is -0.396 e. The van der Waals surface area contributed by atoms with Gasteiger partial charge in [-0.05, 0) is 12.8 Å². The predicted octanol–water partition coefficient (Wildman–Crippen LogP) is -0.0211. The lowest BCUT2D eigenvalue weighted by Gasteiger charge is -2.02. The van der Waals surface area contributed by atoms with Gasteiger partial charge in [-0.25, -0.2) is 4.98 Å². The fourth-order valence-electron chi connectivity index (χ4n) is 0.946. The molecule has 0 fully saturated rings. The van der Waals surface area contributed by atoms with Gasteiger partial charge in [0, 0.05) is 25.5 Å². The Bertz CT molecular complexity index is 277. The van der Waals surface area contributed by atoms with Crippen molar-refractivity contribution in [2.45, 2.75) is 12.8 Å². The molecule has 0 atom stereocenters. The quantitative estimate of drug-likeness (QED) is 0.647. The van der Waals surface area contributed by atoms with Crippen molar-refractivity contribution in [2.24, 2.45) is 0 Å². The van der Waals surface area contributed by atoms with Crippen LogP contribution in [0.3, 0.4) is 0 Å². The number of carbonyl (C=O) groups is 1. The number of aliphatic hydroxyl groups excluding tert-OH is 1. The number of unbranched alkanes of at least 4 members (excludes halogenated alkanes) is 1. The van der Waals surface area contributed by atoms with Crippen molar-refractivity contribution in [2.75, 3.05) is 13.2 Å². The minimum atomic E-state index is -0.226. The van der Waals surface area contributed by atoms with E-state index in [9.17, 15) is 4.79 Å². The number of hydrogen-bond acceptors (Lipinski definition) is 4. The van der Waals surface area contributed by atoms with E-state index in [1.54, 1.807) is 0 Å². The summed E-state index contributed by atoms with van der Waals surface area (Å²) in [7, 11) is 0. The zero-order valence-corrected chi connectivity index (χ0v) is 7.81. The molecular weight excluding hydrogens is 182 g/mol. The van der Waals surface area contributed by atoms with Crippen LogP contribution in [0, 0.1) is 0 Å². The van der Waals surface area contributed by atoms with Crippen molar-refractivity contribution in [1.29, 1.82) is 0 Å². The first-order valence-electron chi connectivity index (χ1n) is 4.49. The molecule has 0 saturated heterocycles. The molecule has 5 nitrogen and oxygen atoms in total. The highest BCUT2D eigenvalue weighted by atomic mass is 16.2. The third-order valence-electron chi connectivity index (χ3n) is 1.67. The van der Waals surface area contributed by atoms with Crippen molar-refractivity contribution < 1.29 is 9.90 Å². The van der Waals surface area contributed by atoms with Crippen molar-refractivity contribution >= 4 is 5.91 Å². The van der Waals surface area contributed by atoms with E-state index in [-0.39, 0.29) is 12.5 Å². The second-order valence-corrected chi connectivity index (χ2v) is 2.78. The second kappa shape index (κ2) is 6.04. The third kappa shape index (κ3) is 3.49. The van der Waals surface area contributed by atoms with E-state index in [1.807, 2.05) is 0 Å². The number of nitrogens with one attached hydrogen (secondary N) is 1. The molecule has 14 heavy (non-hydrogen) atoms. The Hall–Kier alpha value is -1.49. The number of amides is 1. The molecule has 0 unspecified atom stereocenters. The summed E-state index contributed by atoms with van der Waals surface area (Å²) in [5.41, 5.74) is 0.316. The molecule has 0 aliphatic heterocycles. The SMILES string of the molecule is O=C(NCCCCO)c1cnccn1. The molecule has 76 valence electrons. The summed E-state index contributed by atoms with van der Waals surface area (Å²) in [6.07, 6.45) is 5.87. The van der Waals surface area contributed by atoms with Gasteiger partial charge in [-0.2, -0.15) is 0 Å². The number of aromatic nitrogens is 2. The molecule has 1 aromatic rings. The molecule has 0 spiro atoms. The Morgan fingerprint density at radius 2 is 2.29 bits per heavy atom. The van der Waals surface area contributed by atoms with Crippen LogP contribution in [-0.4, -0.2) is 34.1 Å². The van der Waals surface area contributed by atoms with Gasteiger partial charge in [-0.1, -0.05) is 0 Å². The Balaban J connectivity index is 2.29. The molecule has 0 aliphatic carbocycles. The largest absolute Gasteiger partial charge is 0.396 e. The van der Waals surface area contributed by atoms with Gasteiger partial charge >= 0.3 is 0 Å². The first kappa shape index (κ1) is 10.6. The molecule has 1 aromatic heterocycles. The van der Waals surface area contributed by atoms with E-state index in [1.165, 1.54) is 18.6 Å². The average molecular weight is 195 g/mol. The molecular formula is C9H13N3O2. The van der Waals surface area contributed by atoms with Crippen LogP contribution in [0.15, 0.2) is 18.6 Å². The molecule has 5 heteroatoms. The van der Waals surface area contributed by atoms with E-state index < -0.39 is 0 Å². The summed E-state index contributed by atoms with van der Waals surface area (Å²) in [6.45, 7) is 0.705. The highest BCUT2D eigenvalue weighted by Crippen LogP contribution is 1.90. The normalized spacial score (nSPS) is 9.79. The first-order chi connectivity index (χ1) is 6.84. The van der Waals surface area contributed by atoms with Crippen LogP contribution in [0.4, 0.5) is 0 Å². The van der Waals surface area contributed by atoms with Gasteiger partial charge in [-0.3, -0.25) is 9.78 Å². The van der Waals surface area contributed by atoms with Gasteiger partial charge in [0.1, 0.15) is 5.69 Å². The van der Waals surface area contributed by atoms with Crippen LogP contribution < -0.4 is 5.32 Å². The van der Waals surface area contributed by atoms with Gasteiger partial charge in [0.2, 0.25) is 0 Å². The summed E-state index contributed by atoms with van der Waals surface area (Å²) >= 11 is 0. The van der Waals surface area contributed by atoms with Crippen LogP contribution in [0.2, 0.25) is 0 Å². The topological polar surface area (TPSA) is 75.1 Å². The Morgan fingerprint density at radius 3 is 2.93 bits per heavy atom. The number of hydrogen-bond donors (Lipinski definition) is 2. The highest BCUT2D eigenvalue weighted by Gasteiger charge is 2.04. The van der Waals surface area contributed by atoms with Gasteiger partial charge in [0.25, 0.3) is 5.91 Å². The number of aliphatic hydroxyl groups is 1. The zero-order chi connectivity index (χ0) is 10.2. The van der Waals surface area contributed by atoms with Crippen LogP contribution in [-0.2, 0) is 0 Å². The maximum Gasteiger partial charge on any atom is 0.271 e. The fourth-order valence-corrected chi connectivity index (χ4v) is 0.946. The van der Waals surface area contributed by atoms with Gasteiger partial charge in [-0.15, -0.1) is 0 Å². The standard InChI is InChI=1S/C9H13N3O2/c13-6-2-1-3-12-9(14)8-7-10-4-5-11-8/h4-5,7,13H,1-3,6H2,(H,12,14). The molecule has 0 saturated carbocycles. The second-order valence-electron chi connectivity index (χ2n) is 2.78. The molecule has 0 aliphatic rings. The molecule has 0 bridgehead atoms. The maximum atomic E-state index is 11.3. The van der Waals surface area contributed by atoms with Crippen molar-refractivity contribution in [1.82, 2.24) is 15.3 Å². The van der Waals surface area contributed by atoms with E-state index in [2.05, 4.69) is 15.3 Å². The summed E-state index contributed by atoms with van der Waals surface area (Å²) in [6, 6.07) is 0. The molecule has 1 amide bonds. The van der Waals surface area contributed by atoms with Gasteiger partial charge < -0.3 is 10.4 Å². The van der Waals surface area contributed by atoms with Crippen molar-refractivity contribution in [3.05, 3.63) is 24.3 Å². The molecule has 2 N–H and O–H groups in total. The van der Waals surface area contributed by atoms with Crippen molar-refractivity contribution in [3.63, 3.8) is 0 Å². The zero-order valence-electron chi connectivity index (χ0n) is 7.81. The fraction of sp³-hybridized carbons (Fsp3) is 0.444. The van der Waals surface area contributed by atoms with Gasteiger partial charge in [0.15, 0.2) is 0 Å². The Morgan fingerprint density at radius 1 is 1.43 bits per heavy atom. The van der Waals surface area contributed by atoms with E-state index in [0.717, 1.165) is 6.42 Å². The summed E-state index contributed by atoms with van der Waals surface area (Å²) in [4.78, 5) is 19.0. The van der Waals surface area contributed by atoms with Crippen LogP contribution in [0.5, 0.6) is 0 Å². The van der Waals surface area contributed by atoms with E-state index in [0.29, 0.717) is 18.7 Å². The minimum absolute atomic E-state index is 0.154. The number of rotatable bonds is 5. The Labute approximate surface area is 82.2 Å². The van der Waals surface area contributed by atoms with Gasteiger partial charge in [0.05, 0.1) is 6.20 Å². The molecule has 0 aromatic carbocycles. The van der Waals surface area contributed by atoms with E-state index >= 15 is 0 Å². The maximum absolute atomic E-state index is 11.3. The predicted molar refractivity (Wildman–Crippen MR) is 50.7 cm³/mol. The lowest BCUT2D eigenvalue weighted by molar-refractivity contribution is 0.0946. The first-order valence-corrected chi connectivity index (χ1v) is 4.49. The third-order valence-corrected chi connectivity index (χ3v) is 1.67. The molecule has 1 rings (SSSR count). The Kier molecular flexibility index (Phi) is 4.57.